The molecule has 0 aliphatic rings. The van der Waals surface area contributed by atoms with Crippen LogP contribution in [0.4, 0.5) is 11.4 Å². The van der Waals surface area contributed by atoms with Crippen molar-refractivity contribution in [3.05, 3.63) is 64.8 Å². The summed E-state index contributed by atoms with van der Waals surface area (Å²) in [6.45, 7) is 6.01. The second-order valence-electron chi connectivity index (χ2n) is 6.46. The molecule has 3 aromatic rings. The molecule has 0 fully saturated rings. The first-order chi connectivity index (χ1) is 13.4. The minimum atomic E-state index is -0.487. The lowest BCUT2D eigenvalue weighted by Gasteiger charge is -2.16. The van der Waals surface area contributed by atoms with Crippen LogP contribution in [-0.2, 0) is 9.47 Å². The molecule has 0 unspecified atom stereocenters. The number of fused-ring (bicyclic) bond motifs is 1. The lowest BCUT2D eigenvalue weighted by Crippen LogP contribution is -2.11. The van der Waals surface area contributed by atoms with Crippen molar-refractivity contribution in [2.24, 2.45) is 0 Å². The van der Waals surface area contributed by atoms with Gasteiger partial charge >= 0.3 is 11.9 Å². The van der Waals surface area contributed by atoms with E-state index in [9.17, 15) is 9.59 Å². The van der Waals surface area contributed by atoms with Crippen molar-refractivity contribution in [3.63, 3.8) is 0 Å². The van der Waals surface area contributed by atoms with Gasteiger partial charge in [0.25, 0.3) is 0 Å². The molecule has 0 aliphatic heterocycles. The Kier molecular flexibility index (Phi) is 5.59. The van der Waals surface area contributed by atoms with Crippen LogP contribution in [-0.4, -0.2) is 30.6 Å². The molecule has 0 bridgehead atoms. The molecule has 0 amide bonds. The smallest absolute Gasteiger partial charge is 0.341 e. The van der Waals surface area contributed by atoms with Gasteiger partial charge in [0.05, 0.1) is 30.5 Å². The van der Waals surface area contributed by atoms with Crippen LogP contribution in [0.2, 0.25) is 0 Å². The molecule has 0 saturated heterocycles. The van der Waals surface area contributed by atoms with Crippen LogP contribution in [0, 0.1) is 13.8 Å². The zero-order chi connectivity index (χ0) is 20.3. The fraction of sp³-hybridized carbons (Fsp3) is 0.227. The first-order valence-electron chi connectivity index (χ1n) is 8.97. The second-order valence-corrected chi connectivity index (χ2v) is 6.46. The standard InChI is InChI=1S/C22H22N2O4/c1-5-28-22(26)18-12-23-19-16(7-6-8-17(19)21(25)27-4)20(18)24-15-10-13(2)9-14(3)11-15/h6-12H,5H2,1-4H3,(H,23,24). The summed E-state index contributed by atoms with van der Waals surface area (Å²) in [5.74, 6) is -0.966. The summed E-state index contributed by atoms with van der Waals surface area (Å²) in [4.78, 5) is 29.0. The van der Waals surface area contributed by atoms with Gasteiger partial charge in [-0.2, -0.15) is 0 Å². The van der Waals surface area contributed by atoms with Gasteiger partial charge in [-0.05, 0) is 50.1 Å². The van der Waals surface area contributed by atoms with Crippen LogP contribution < -0.4 is 5.32 Å². The molecule has 1 aromatic heterocycles. The van der Waals surface area contributed by atoms with E-state index in [-0.39, 0.29) is 6.61 Å². The Morgan fingerprint density at radius 3 is 2.39 bits per heavy atom. The Morgan fingerprint density at radius 1 is 1.04 bits per heavy atom. The summed E-state index contributed by atoms with van der Waals surface area (Å²) >= 11 is 0. The molecule has 0 aliphatic carbocycles. The molecule has 0 radical (unpaired) electrons. The molecular formula is C22H22N2O4. The normalized spacial score (nSPS) is 10.6. The number of ether oxygens (including phenoxy) is 2. The van der Waals surface area contributed by atoms with Crippen molar-refractivity contribution in [1.82, 2.24) is 4.98 Å². The Labute approximate surface area is 163 Å². The predicted octanol–water partition coefficient (Wildman–Crippen LogP) is 4.56. The van der Waals surface area contributed by atoms with Gasteiger partial charge in [0.1, 0.15) is 5.56 Å². The molecule has 6 nitrogen and oxygen atoms in total. The van der Waals surface area contributed by atoms with E-state index in [1.54, 1.807) is 19.1 Å². The van der Waals surface area contributed by atoms with Gasteiger partial charge in [0.2, 0.25) is 0 Å². The molecule has 0 saturated carbocycles. The molecule has 6 heteroatoms. The van der Waals surface area contributed by atoms with Crippen molar-refractivity contribution in [3.8, 4) is 0 Å². The van der Waals surface area contributed by atoms with E-state index in [1.165, 1.54) is 13.3 Å². The Bertz CT molecular complexity index is 1040. The maximum Gasteiger partial charge on any atom is 0.341 e. The monoisotopic (exact) mass is 378 g/mol. The number of anilines is 2. The lowest BCUT2D eigenvalue weighted by atomic mass is 10.0. The molecular weight excluding hydrogens is 356 g/mol. The summed E-state index contributed by atoms with van der Waals surface area (Å²) in [5.41, 5.74) is 4.64. The predicted molar refractivity (Wildman–Crippen MR) is 108 cm³/mol. The molecule has 1 N–H and O–H groups in total. The zero-order valence-corrected chi connectivity index (χ0v) is 16.3. The van der Waals surface area contributed by atoms with Crippen LogP contribution in [0.25, 0.3) is 10.9 Å². The van der Waals surface area contributed by atoms with E-state index in [4.69, 9.17) is 9.47 Å². The highest BCUT2D eigenvalue weighted by molar-refractivity contribution is 6.11. The number of carbonyl (C=O) groups excluding carboxylic acids is 2. The fourth-order valence-electron chi connectivity index (χ4n) is 3.19. The molecule has 0 spiro atoms. The highest BCUT2D eigenvalue weighted by atomic mass is 16.5. The number of para-hydroxylation sites is 1. The maximum atomic E-state index is 12.5. The van der Waals surface area contributed by atoms with E-state index in [0.29, 0.717) is 27.7 Å². The van der Waals surface area contributed by atoms with Crippen molar-refractivity contribution >= 4 is 34.2 Å². The minimum Gasteiger partial charge on any atom is -0.465 e. The third-order valence-corrected chi connectivity index (χ3v) is 4.29. The highest BCUT2D eigenvalue weighted by Crippen LogP contribution is 2.32. The Hall–Kier alpha value is -3.41. The van der Waals surface area contributed by atoms with E-state index >= 15 is 0 Å². The maximum absolute atomic E-state index is 12.5. The third kappa shape index (κ3) is 3.81. The van der Waals surface area contributed by atoms with Gasteiger partial charge in [-0.25, -0.2) is 9.59 Å². The van der Waals surface area contributed by atoms with Crippen LogP contribution in [0.1, 0.15) is 38.8 Å². The number of nitrogens with zero attached hydrogens (tertiary/aromatic N) is 1. The van der Waals surface area contributed by atoms with E-state index in [1.807, 2.05) is 32.0 Å². The van der Waals surface area contributed by atoms with Gasteiger partial charge in [-0.15, -0.1) is 0 Å². The van der Waals surface area contributed by atoms with Crippen LogP contribution >= 0.6 is 0 Å². The van der Waals surface area contributed by atoms with Gasteiger partial charge in [0, 0.05) is 17.3 Å². The van der Waals surface area contributed by atoms with Gasteiger partial charge in [-0.1, -0.05) is 18.2 Å². The van der Waals surface area contributed by atoms with Gasteiger partial charge in [0.15, 0.2) is 0 Å². The molecule has 2 aromatic carbocycles. The largest absolute Gasteiger partial charge is 0.465 e. The topological polar surface area (TPSA) is 77.5 Å². The molecule has 3 rings (SSSR count). The summed E-state index contributed by atoms with van der Waals surface area (Å²) in [5, 5.41) is 3.96. The SMILES string of the molecule is CCOC(=O)c1cnc2c(C(=O)OC)cccc2c1Nc1cc(C)cc(C)c1. The number of hydrogen-bond acceptors (Lipinski definition) is 6. The number of nitrogens with one attached hydrogen (secondary N) is 1. The average Bonchev–Trinajstić information content (AvgIpc) is 2.66. The number of benzene rings is 2. The molecule has 1 heterocycles. The number of rotatable bonds is 5. The summed E-state index contributed by atoms with van der Waals surface area (Å²) in [6, 6.07) is 11.2. The Balaban J connectivity index is 2.24. The highest BCUT2D eigenvalue weighted by Gasteiger charge is 2.20. The number of pyridine rings is 1. The van der Waals surface area contributed by atoms with E-state index in [0.717, 1.165) is 16.8 Å². The first kappa shape index (κ1) is 19.4. The number of hydrogen-bond donors (Lipinski definition) is 1. The zero-order valence-electron chi connectivity index (χ0n) is 16.3. The van der Waals surface area contributed by atoms with E-state index < -0.39 is 11.9 Å². The van der Waals surface area contributed by atoms with Crippen LogP contribution in [0.3, 0.4) is 0 Å². The van der Waals surface area contributed by atoms with Crippen molar-refractivity contribution in [2.45, 2.75) is 20.8 Å². The number of aromatic nitrogens is 1. The Morgan fingerprint density at radius 2 is 1.75 bits per heavy atom. The van der Waals surface area contributed by atoms with Crippen LogP contribution in [0.15, 0.2) is 42.6 Å². The average molecular weight is 378 g/mol. The quantitative estimate of drug-likeness (QED) is 0.656. The van der Waals surface area contributed by atoms with Crippen LogP contribution in [0.5, 0.6) is 0 Å². The summed E-state index contributed by atoms with van der Waals surface area (Å²) < 4.78 is 10.1. The fourth-order valence-corrected chi connectivity index (χ4v) is 3.19. The number of methoxy groups -OCH3 is 1. The summed E-state index contributed by atoms with van der Waals surface area (Å²) in [6.07, 6.45) is 1.43. The molecule has 28 heavy (non-hydrogen) atoms. The molecule has 144 valence electrons. The number of aryl methyl sites for hydroxylation is 2. The lowest BCUT2D eigenvalue weighted by molar-refractivity contribution is 0.0526. The van der Waals surface area contributed by atoms with E-state index in [2.05, 4.69) is 16.4 Å². The number of carbonyl (C=O) groups is 2. The summed E-state index contributed by atoms with van der Waals surface area (Å²) in [7, 11) is 1.32. The van der Waals surface area contributed by atoms with Crippen molar-refractivity contribution in [1.29, 1.82) is 0 Å². The minimum absolute atomic E-state index is 0.252. The van der Waals surface area contributed by atoms with Gasteiger partial charge < -0.3 is 14.8 Å². The first-order valence-corrected chi connectivity index (χ1v) is 8.97. The van der Waals surface area contributed by atoms with Crippen molar-refractivity contribution in [2.75, 3.05) is 19.0 Å². The second kappa shape index (κ2) is 8.08. The van der Waals surface area contributed by atoms with Gasteiger partial charge in [-0.3, -0.25) is 4.98 Å². The number of esters is 2. The van der Waals surface area contributed by atoms with Crippen molar-refractivity contribution < 1.29 is 19.1 Å². The molecule has 0 atom stereocenters. The third-order valence-electron chi connectivity index (χ3n) is 4.29.